The van der Waals surface area contributed by atoms with Gasteiger partial charge in [0.1, 0.15) is 0 Å². The van der Waals surface area contributed by atoms with Gasteiger partial charge in [-0.1, -0.05) is 33.2 Å². The zero-order chi connectivity index (χ0) is 15.2. The van der Waals surface area contributed by atoms with Crippen LogP contribution in [0.4, 0.5) is 0 Å². The van der Waals surface area contributed by atoms with Crippen molar-refractivity contribution in [2.75, 3.05) is 6.26 Å². The van der Waals surface area contributed by atoms with E-state index in [0.29, 0.717) is 12.8 Å². The lowest BCUT2D eigenvalue weighted by molar-refractivity contribution is 0.194. The highest BCUT2D eigenvalue weighted by atomic mass is 79.9. The lowest BCUT2D eigenvalue weighted by atomic mass is 10.0. The Balaban J connectivity index is 2.67. The van der Waals surface area contributed by atoms with Gasteiger partial charge in [0.15, 0.2) is 0 Å². The molecule has 0 N–H and O–H groups in total. The molecule has 1 aromatic carbocycles. The van der Waals surface area contributed by atoms with Crippen molar-refractivity contribution in [1.29, 1.82) is 0 Å². The molecule has 110 valence electrons. The number of nitrogens with zero attached hydrogens (tertiary/aromatic N) is 3. The van der Waals surface area contributed by atoms with Gasteiger partial charge in [-0.05, 0) is 43.0 Å². The predicted octanol–water partition coefficient (Wildman–Crippen LogP) is 3.43. The van der Waals surface area contributed by atoms with E-state index in [2.05, 4.69) is 26.0 Å². The highest BCUT2D eigenvalue weighted by molar-refractivity contribution is 9.10. The lowest BCUT2D eigenvalue weighted by Crippen LogP contribution is -2.27. The van der Waals surface area contributed by atoms with Crippen molar-refractivity contribution in [1.82, 2.24) is 0 Å². The van der Waals surface area contributed by atoms with E-state index in [9.17, 15) is 8.42 Å². The van der Waals surface area contributed by atoms with Crippen molar-refractivity contribution in [3.8, 4) is 0 Å². The number of aryl methyl sites for hydroxylation is 1. The van der Waals surface area contributed by atoms with E-state index in [4.69, 9.17) is 9.71 Å². The maximum atomic E-state index is 11.1. The van der Waals surface area contributed by atoms with Crippen LogP contribution in [0.1, 0.15) is 18.9 Å². The molecule has 2 atom stereocenters. The van der Waals surface area contributed by atoms with Crippen LogP contribution in [0.2, 0.25) is 0 Å². The number of halogens is 1. The quantitative estimate of drug-likeness (QED) is 0.322. The molecular formula is C12H16BrN3O3S. The first-order chi connectivity index (χ1) is 9.31. The first-order valence-electron chi connectivity index (χ1n) is 5.98. The Bertz CT molecular complexity index is 582. The second kappa shape index (κ2) is 7.64. The Kier molecular flexibility index (Phi) is 6.48. The van der Waals surface area contributed by atoms with Gasteiger partial charge in [-0.2, -0.15) is 8.42 Å². The molecule has 0 saturated carbocycles. The zero-order valence-corrected chi connectivity index (χ0v) is 13.6. The Morgan fingerprint density at radius 3 is 2.50 bits per heavy atom. The SMILES string of the molecule is C[C@@H](OS(C)(=O)=O)C(CCc1ccc(Br)cc1)N=[N+]=[N-]. The molecule has 0 aliphatic heterocycles. The zero-order valence-electron chi connectivity index (χ0n) is 11.2. The summed E-state index contributed by atoms with van der Waals surface area (Å²) in [4.78, 5) is 2.76. The highest BCUT2D eigenvalue weighted by Crippen LogP contribution is 2.16. The average molecular weight is 362 g/mol. The molecule has 0 bridgehead atoms. The predicted molar refractivity (Wildman–Crippen MR) is 80.8 cm³/mol. The van der Waals surface area contributed by atoms with Gasteiger partial charge >= 0.3 is 0 Å². The molecule has 6 nitrogen and oxygen atoms in total. The van der Waals surface area contributed by atoms with Gasteiger partial charge in [0.2, 0.25) is 0 Å². The third-order valence-electron chi connectivity index (χ3n) is 2.71. The summed E-state index contributed by atoms with van der Waals surface area (Å²) in [6.45, 7) is 1.59. The third-order valence-corrected chi connectivity index (χ3v) is 3.89. The average Bonchev–Trinajstić information content (AvgIpc) is 2.34. The lowest BCUT2D eigenvalue weighted by Gasteiger charge is -2.18. The van der Waals surface area contributed by atoms with Gasteiger partial charge in [0.05, 0.1) is 18.4 Å². The van der Waals surface area contributed by atoms with E-state index >= 15 is 0 Å². The van der Waals surface area contributed by atoms with Crippen molar-refractivity contribution in [2.45, 2.75) is 31.9 Å². The molecule has 20 heavy (non-hydrogen) atoms. The molecule has 0 spiro atoms. The molecule has 1 rings (SSSR count). The molecular weight excluding hydrogens is 346 g/mol. The van der Waals surface area contributed by atoms with Crippen molar-refractivity contribution in [3.63, 3.8) is 0 Å². The molecule has 0 heterocycles. The molecule has 0 amide bonds. The Labute approximate surface area is 127 Å². The number of benzene rings is 1. The monoisotopic (exact) mass is 361 g/mol. The topological polar surface area (TPSA) is 92.1 Å². The van der Waals surface area contributed by atoms with Gasteiger partial charge in [0, 0.05) is 9.38 Å². The molecule has 0 aliphatic rings. The molecule has 0 aliphatic carbocycles. The van der Waals surface area contributed by atoms with Crippen LogP contribution in [-0.2, 0) is 20.7 Å². The van der Waals surface area contributed by atoms with E-state index in [-0.39, 0.29) is 0 Å². The van der Waals surface area contributed by atoms with E-state index in [0.717, 1.165) is 16.3 Å². The number of rotatable bonds is 7. The fraction of sp³-hybridized carbons (Fsp3) is 0.500. The molecule has 1 unspecified atom stereocenters. The summed E-state index contributed by atoms with van der Waals surface area (Å²) < 4.78 is 28.0. The minimum Gasteiger partial charge on any atom is -0.267 e. The number of hydrogen-bond donors (Lipinski definition) is 0. The smallest absolute Gasteiger partial charge is 0.264 e. The largest absolute Gasteiger partial charge is 0.267 e. The standard InChI is InChI=1S/C12H16BrN3O3S/c1-9(19-20(2,17)18)12(15-16-14)8-5-10-3-6-11(13)7-4-10/h3-4,6-7,9,12H,5,8H2,1-2H3/t9-,12?/m1/s1. The summed E-state index contributed by atoms with van der Waals surface area (Å²) in [5, 5.41) is 3.62. The summed E-state index contributed by atoms with van der Waals surface area (Å²) in [6, 6.07) is 7.24. The number of hydrogen-bond acceptors (Lipinski definition) is 4. The summed E-state index contributed by atoms with van der Waals surface area (Å²) in [7, 11) is -3.56. The maximum Gasteiger partial charge on any atom is 0.264 e. The van der Waals surface area contributed by atoms with Crippen molar-refractivity contribution in [2.24, 2.45) is 5.11 Å². The van der Waals surface area contributed by atoms with Crippen LogP contribution in [0, 0.1) is 0 Å². The third kappa shape index (κ3) is 6.38. The number of azide groups is 1. The van der Waals surface area contributed by atoms with Crippen LogP contribution in [0.15, 0.2) is 33.9 Å². The molecule has 0 fully saturated rings. The van der Waals surface area contributed by atoms with E-state index in [1.165, 1.54) is 0 Å². The van der Waals surface area contributed by atoms with Crippen molar-refractivity contribution in [3.05, 3.63) is 44.7 Å². The molecule has 0 saturated heterocycles. The minimum atomic E-state index is -3.56. The van der Waals surface area contributed by atoms with E-state index in [1.807, 2.05) is 24.3 Å². The highest BCUT2D eigenvalue weighted by Gasteiger charge is 2.20. The molecule has 0 aromatic heterocycles. The van der Waals surface area contributed by atoms with E-state index < -0.39 is 22.3 Å². The van der Waals surface area contributed by atoms with E-state index in [1.54, 1.807) is 6.92 Å². The van der Waals surface area contributed by atoms with Gasteiger partial charge < -0.3 is 0 Å². The van der Waals surface area contributed by atoms with Crippen LogP contribution in [0.25, 0.3) is 10.4 Å². The fourth-order valence-corrected chi connectivity index (χ4v) is 2.70. The minimum absolute atomic E-state index is 0.516. The van der Waals surface area contributed by atoms with Crippen LogP contribution >= 0.6 is 15.9 Å². The van der Waals surface area contributed by atoms with Crippen LogP contribution in [0.3, 0.4) is 0 Å². The molecule has 1 aromatic rings. The first-order valence-corrected chi connectivity index (χ1v) is 8.59. The summed E-state index contributed by atoms with van der Waals surface area (Å²) >= 11 is 3.35. The first kappa shape index (κ1) is 17.0. The van der Waals surface area contributed by atoms with Crippen LogP contribution in [-0.4, -0.2) is 26.8 Å². The molecule has 8 heteroatoms. The summed E-state index contributed by atoms with van der Waals surface area (Å²) in [5.41, 5.74) is 9.65. The normalized spacial score (nSPS) is 14.3. The fourth-order valence-electron chi connectivity index (χ4n) is 1.76. The molecule has 0 radical (unpaired) electrons. The van der Waals surface area contributed by atoms with Crippen molar-refractivity contribution >= 4 is 26.0 Å². The van der Waals surface area contributed by atoms with Gasteiger partial charge in [-0.25, -0.2) is 0 Å². The van der Waals surface area contributed by atoms with Crippen LogP contribution in [0.5, 0.6) is 0 Å². The van der Waals surface area contributed by atoms with Crippen molar-refractivity contribution < 1.29 is 12.6 Å². The Morgan fingerprint density at radius 2 is 2.00 bits per heavy atom. The summed E-state index contributed by atoms with van der Waals surface area (Å²) in [5.74, 6) is 0. The van der Waals surface area contributed by atoms with Crippen LogP contribution < -0.4 is 0 Å². The Hall–Kier alpha value is -1.08. The van der Waals surface area contributed by atoms with Gasteiger partial charge in [0.25, 0.3) is 10.1 Å². The second-order valence-electron chi connectivity index (χ2n) is 4.44. The summed E-state index contributed by atoms with van der Waals surface area (Å²) in [6.07, 6.45) is 1.48. The Morgan fingerprint density at radius 1 is 1.40 bits per heavy atom. The maximum absolute atomic E-state index is 11.1. The second-order valence-corrected chi connectivity index (χ2v) is 6.96. The van der Waals surface area contributed by atoms with Gasteiger partial charge in [-0.3, -0.25) is 4.18 Å². The van der Waals surface area contributed by atoms with Gasteiger partial charge in [-0.15, -0.1) is 0 Å².